The van der Waals surface area contributed by atoms with E-state index in [0.29, 0.717) is 12.8 Å². The Morgan fingerprint density at radius 3 is 2.03 bits per heavy atom. The van der Waals surface area contributed by atoms with Crippen LogP contribution in [0.2, 0.25) is 0 Å². The van der Waals surface area contributed by atoms with Gasteiger partial charge in [0.1, 0.15) is 18.2 Å². The van der Waals surface area contributed by atoms with Gasteiger partial charge in [0.2, 0.25) is 5.91 Å². The lowest BCUT2D eigenvalue weighted by Gasteiger charge is -2.33. The Balaban J connectivity index is 1.84. The molecule has 1 aliphatic rings. The maximum atomic E-state index is 13.4. The summed E-state index contributed by atoms with van der Waals surface area (Å²) in [5.74, 6) is -2.25. The molecule has 1 heterocycles. The molecule has 0 N–H and O–H groups in total. The number of esters is 1. The first-order valence-electron chi connectivity index (χ1n) is 9.62. The van der Waals surface area contributed by atoms with Gasteiger partial charge in [0.15, 0.2) is 0 Å². The van der Waals surface area contributed by atoms with Crippen LogP contribution in [-0.2, 0) is 24.3 Å². The number of rotatable bonds is 6. The predicted molar refractivity (Wildman–Crippen MR) is 109 cm³/mol. The predicted octanol–water partition coefficient (Wildman–Crippen LogP) is 2.57. The van der Waals surface area contributed by atoms with E-state index >= 15 is 0 Å². The molecule has 10 heteroatoms. The van der Waals surface area contributed by atoms with E-state index in [-0.39, 0.29) is 35.6 Å². The van der Waals surface area contributed by atoms with E-state index in [1.54, 1.807) is 0 Å². The van der Waals surface area contributed by atoms with E-state index in [1.165, 1.54) is 24.1 Å². The highest BCUT2D eigenvalue weighted by atomic mass is 32.2. The van der Waals surface area contributed by atoms with Crippen molar-refractivity contribution in [1.29, 1.82) is 0 Å². The summed E-state index contributed by atoms with van der Waals surface area (Å²) >= 11 is 0. The van der Waals surface area contributed by atoms with E-state index in [1.807, 2.05) is 0 Å². The van der Waals surface area contributed by atoms with Gasteiger partial charge in [-0.3, -0.25) is 13.9 Å². The minimum absolute atomic E-state index is 0.100. The molecule has 0 aromatic heterocycles. The molecule has 7 nitrogen and oxygen atoms in total. The van der Waals surface area contributed by atoms with Crippen molar-refractivity contribution in [2.75, 3.05) is 31.0 Å². The molecule has 2 aromatic rings. The van der Waals surface area contributed by atoms with Crippen LogP contribution in [0.5, 0.6) is 0 Å². The fourth-order valence-corrected chi connectivity index (χ4v) is 4.82. The molecule has 0 atom stereocenters. The van der Waals surface area contributed by atoms with Gasteiger partial charge in [-0.15, -0.1) is 0 Å². The molecule has 31 heavy (non-hydrogen) atoms. The maximum absolute atomic E-state index is 13.4. The monoisotopic (exact) mass is 452 g/mol. The molecule has 0 spiro atoms. The summed E-state index contributed by atoms with van der Waals surface area (Å²) in [6.45, 7) is 0.0488. The van der Waals surface area contributed by atoms with Crippen molar-refractivity contribution < 1.29 is 31.5 Å². The third kappa shape index (κ3) is 5.19. The van der Waals surface area contributed by atoms with Crippen molar-refractivity contribution in [2.24, 2.45) is 5.92 Å². The Hall–Kier alpha value is -3.01. The van der Waals surface area contributed by atoms with Gasteiger partial charge in [0, 0.05) is 13.1 Å². The summed E-state index contributed by atoms with van der Waals surface area (Å²) in [5.41, 5.74) is 0.100. The molecular formula is C21H22F2N2O5S. The SMILES string of the molecule is COC(=O)C1CCN(C(=O)CN(c2ccc(F)cc2)S(=O)(=O)c2ccc(F)cc2)CC1. The molecule has 1 fully saturated rings. The number of sulfonamides is 1. The smallest absolute Gasteiger partial charge is 0.308 e. The van der Waals surface area contributed by atoms with Gasteiger partial charge in [-0.05, 0) is 61.4 Å². The van der Waals surface area contributed by atoms with Gasteiger partial charge in [-0.25, -0.2) is 17.2 Å². The molecule has 1 amide bonds. The van der Waals surface area contributed by atoms with Gasteiger partial charge < -0.3 is 9.64 Å². The number of anilines is 1. The maximum Gasteiger partial charge on any atom is 0.308 e. The first kappa shape index (κ1) is 22.7. The molecule has 2 aromatic carbocycles. The van der Waals surface area contributed by atoms with Crippen molar-refractivity contribution in [3.05, 3.63) is 60.2 Å². The van der Waals surface area contributed by atoms with Crippen molar-refractivity contribution in [1.82, 2.24) is 4.90 Å². The number of hydrogen-bond donors (Lipinski definition) is 0. The highest BCUT2D eigenvalue weighted by Gasteiger charge is 2.32. The standard InChI is InChI=1S/C21H22F2N2O5S/c1-30-21(27)15-10-12-24(13-11-15)20(26)14-25(18-6-2-16(22)3-7-18)31(28,29)19-8-4-17(23)5-9-19/h2-9,15H,10-14H2,1H3. The quantitative estimate of drug-likeness (QED) is 0.629. The molecule has 0 bridgehead atoms. The van der Waals surface area contributed by atoms with Crippen molar-refractivity contribution in [3.63, 3.8) is 0 Å². The van der Waals surface area contributed by atoms with Crippen molar-refractivity contribution in [3.8, 4) is 0 Å². The number of amides is 1. The summed E-state index contributed by atoms with van der Waals surface area (Å²) in [4.78, 5) is 25.9. The van der Waals surface area contributed by atoms with E-state index < -0.39 is 34.1 Å². The average Bonchev–Trinajstić information content (AvgIpc) is 2.78. The average molecular weight is 452 g/mol. The highest BCUT2D eigenvalue weighted by Crippen LogP contribution is 2.25. The summed E-state index contributed by atoms with van der Waals surface area (Å²) in [6, 6.07) is 8.93. The minimum Gasteiger partial charge on any atom is -0.469 e. The van der Waals surface area contributed by atoms with Gasteiger partial charge >= 0.3 is 5.97 Å². The summed E-state index contributed by atoms with van der Waals surface area (Å²) in [7, 11) is -2.92. The second-order valence-corrected chi connectivity index (χ2v) is 8.98. The van der Waals surface area contributed by atoms with Crippen molar-refractivity contribution in [2.45, 2.75) is 17.7 Å². The summed E-state index contributed by atoms with van der Waals surface area (Å²) < 4.78 is 58.7. The first-order valence-corrected chi connectivity index (χ1v) is 11.1. The number of carbonyl (C=O) groups is 2. The van der Waals surface area contributed by atoms with Crippen molar-refractivity contribution >= 4 is 27.6 Å². The molecule has 166 valence electrons. The number of methoxy groups -OCH3 is 1. The second-order valence-electron chi connectivity index (χ2n) is 7.12. The van der Waals surface area contributed by atoms with Crippen LogP contribution >= 0.6 is 0 Å². The van der Waals surface area contributed by atoms with Gasteiger partial charge in [-0.2, -0.15) is 0 Å². The number of carbonyl (C=O) groups excluding carboxylic acids is 2. The fourth-order valence-electron chi connectivity index (χ4n) is 3.41. The lowest BCUT2D eigenvalue weighted by molar-refractivity contribution is -0.148. The summed E-state index contributed by atoms with van der Waals surface area (Å²) in [6.07, 6.45) is 0.833. The second kappa shape index (κ2) is 9.42. The van der Waals surface area contributed by atoms with Crippen LogP contribution in [-0.4, -0.2) is 51.9 Å². The van der Waals surface area contributed by atoms with Crippen LogP contribution in [0.15, 0.2) is 53.4 Å². The largest absolute Gasteiger partial charge is 0.469 e. The van der Waals surface area contributed by atoms with Crippen LogP contribution in [0.4, 0.5) is 14.5 Å². The topological polar surface area (TPSA) is 84.0 Å². The zero-order valence-electron chi connectivity index (χ0n) is 16.8. The first-order chi connectivity index (χ1) is 14.7. The van der Waals surface area contributed by atoms with E-state index in [4.69, 9.17) is 4.74 Å². The van der Waals surface area contributed by atoms with E-state index in [2.05, 4.69) is 0 Å². The number of piperidine rings is 1. The van der Waals surface area contributed by atoms with Gasteiger partial charge in [0.05, 0.1) is 23.6 Å². The van der Waals surface area contributed by atoms with Crippen LogP contribution in [0.25, 0.3) is 0 Å². The zero-order valence-corrected chi connectivity index (χ0v) is 17.6. The number of hydrogen-bond acceptors (Lipinski definition) is 5. The molecule has 0 unspecified atom stereocenters. The third-order valence-electron chi connectivity index (χ3n) is 5.18. The molecule has 0 saturated carbocycles. The van der Waals surface area contributed by atoms with Crippen LogP contribution in [0.1, 0.15) is 12.8 Å². The van der Waals surface area contributed by atoms with Crippen LogP contribution in [0.3, 0.4) is 0 Å². The normalized spacial score (nSPS) is 14.9. The molecule has 3 rings (SSSR count). The number of halogens is 2. The Kier molecular flexibility index (Phi) is 6.89. The van der Waals surface area contributed by atoms with Gasteiger partial charge in [-0.1, -0.05) is 0 Å². The number of nitrogens with zero attached hydrogens (tertiary/aromatic N) is 2. The molecule has 1 saturated heterocycles. The highest BCUT2D eigenvalue weighted by molar-refractivity contribution is 7.92. The Labute approximate surface area is 179 Å². The molecule has 1 aliphatic heterocycles. The Bertz CT molecular complexity index is 1030. The van der Waals surface area contributed by atoms with E-state index in [9.17, 15) is 26.8 Å². The summed E-state index contributed by atoms with van der Waals surface area (Å²) in [5, 5.41) is 0. The number of ether oxygens (including phenoxy) is 1. The fraction of sp³-hybridized carbons (Fsp3) is 0.333. The lowest BCUT2D eigenvalue weighted by atomic mass is 9.97. The van der Waals surface area contributed by atoms with Gasteiger partial charge in [0.25, 0.3) is 10.0 Å². The Morgan fingerprint density at radius 1 is 1.00 bits per heavy atom. The number of benzene rings is 2. The van der Waals surface area contributed by atoms with Crippen LogP contribution in [0, 0.1) is 17.6 Å². The van der Waals surface area contributed by atoms with E-state index in [0.717, 1.165) is 40.7 Å². The number of likely N-dealkylation sites (tertiary alicyclic amines) is 1. The molecule has 0 aliphatic carbocycles. The Morgan fingerprint density at radius 2 is 1.52 bits per heavy atom. The van der Waals surface area contributed by atoms with Crippen LogP contribution < -0.4 is 4.31 Å². The molecular weight excluding hydrogens is 430 g/mol. The minimum atomic E-state index is -4.22. The third-order valence-corrected chi connectivity index (χ3v) is 6.97. The lowest BCUT2D eigenvalue weighted by Crippen LogP contribution is -2.46. The zero-order chi connectivity index (χ0) is 22.6. The molecule has 0 radical (unpaired) electrons.